The zero-order valence-corrected chi connectivity index (χ0v) is 21.3. The lowest BCUT2D eigenvalue weighted by Gasteiger charge is -2.30. The minimum atomic E-state index is -0.860. The maximum atomic E-state index is 13.3. The molecule has 0 unspecified atom stereocenters. The van der Waals surface area contributed by atoms with E-state index >= 15 is 0 Å². The number of nitrogens with zero attached hydrogens (tertiary/aromatic N) is 2. The van der Waals surface area contributed by atoms with Crippen LogP contribution in [0.15, 0.2) is 42.5 Å². The summed E-state index contributed by atoms with van der Waals surface area (Å²) < 4.78 is 5.84. The molecule has 1 amide bonds. The van der Waals surface area contributed by atoms with E-state index in [4.69, 9.17) is 27.9 Å². The summed E-state index contributed by atoms with van der Waals surface area (Å²) in [4.78, 5) is 17.8. The summed E-state index contributed by atoms with van der Waals surface area (Å²) in [6.07, 6.45) is 4.58. The van der Waals surface area contributed by atoms with Crippen molar-refractivity contribution >= 4 is 34.8 Å². The number of halogens is 2. The number of anilines is 1. The predicted octanol–water partition coefficient (Wildman–Crippen LogP) is 4.68. The van der Waals surface area contributed by atoms with E-state index in [-0.39, 0.29) is 17.9 Å². The molecule has 0 radical (unpaired) electrons. The van der Waals surface area contributed by atoms with Gasteiger partial charge in [0.1, 0.15) is 11.9 Å². The minimum Gasteiger partial charge on any atom is -0.489 e. The molecule has 8 heteroatoms. The first-order valence-corrected chi connectivity index (χ1v) is 13.4. The first kappa shape index (κ1) is 24.7. The highest BCUT2D eigenvalue weighted by Gasteiger charge is 2.33. The van der Waals surface area contributed by atoms with Crippen molar-refractivity contribution in [3.05, 3.63) is 58.1 Å². The molecule has 35 heavy (non-hydrogen) atoms. The van der Waals surface area contributed by atoms with Gasteiger partial charge in [0.2, 0.25) is 5.91 Å². The van der Waals surface area contributed by atoms with Crippen LogP contribution in [0.5, 0.6) is 5.75 Å². The standard InChI is InChI=1S/C27H33Cl2N3O3/c28-20-4-6-21(7-5-20)32-14-11-19(16-32)27(34)30-24(17-31-12-1-2-13-31)26(33)18-3-10-25(23(29)15-18)35-22-8-9-22/h3-7,10,15,19,22,24,26,33H,1-2,8-9,11-14,16-17H2,(H,30,34)/t19-,24+,26+/m0/s1. The van der Waals surface area contributed by atoms with E-state index < -0.39 is 12.1 Å². The lowest BCUT2D eigenvalue weighted by molar-refractivity contribution is -0.126. The number of aliphatic hydroxyl groups is 1. The number of benzene rings is 2. The van der Waals surface area contributed by atoms with Gasteiger partial charge >= 0.3 is 0 Å². The highest BCUT2D eigenvalue weighted by atomic mass is 35.5. The van der Waals surface area contributed by atoms with Crippen LogP contribution < -0.4 is 15.0 Å². The Morgan fingerprint density at radius 2 is 1.80 bits per heavy atom. The summed E-state index contributed by atoms with van der Waals surface area (Å²) in [7, 11) is 0. The number of nitrogens with one attached hydrogen (secondary N) is 1. The fourth-order valence-electron chi connectivity index (χ4n) is 5.02. The van der Waals surface area contributed by atoms with E-state index in [0.717, 1.165) is 57.4 Å². The number of amides is 1. The van der Waals surface area contributed by atoms with Gasteiger partial charge in [-0.25, -0.2) is 0 Å². The molecule has 188 valence electrons. The zero-order chi connectivity index (χ0) is 24.4. The number of hydrogen-bond acceptors (Lipinski definition) is 5. The Labute approximate surface area is 217 Å². The monoisotopic (exact) mass is 517 g/mol. The molecule has 3 fully saturated rings. The van der Waals surface area contributed by atoms with E-state index in [1.54, 1.807) is 6.07 Å². The van der Waals surface area contributed by atoms with Crippen molar-refractivity contribution < 1.29 is 14.6 Å². The van der Waals surface area contributed by atoms with Gasteiger partial charge < -0.3 is 25.0 Å². The average Bonchev–Trinajstić information content (AvgIpc) is 3.30. The van der Waals surface area contributed by atoms with Gasteiger partial charge in [0, 0.05) is 30.3 Å². The average molecular weight is 518 g/mol. The second-order valence-electron chi connectivity index (χ2n) is 9.98. The van der Waals surface area contributed by atoms with Gasteiger partial charge in [0.05, 0.1) is 23.1 Å². The molecule has 0 spiro atoms. The van der Waals surface area contributed by atoms with Crippen molar-refractivity contribution in [2.24, 2.45) is 5.92 Å². The van der Waals surface area contributed by atoms with Crippen molar-refractivity contribution in [1.82, 2.24) is 10.2 Å². The molecule has 0 aromatic heterocycles. The topological polar surface area (TPSA) is 65.0 Å². The second-order valence-corrected chi connectivity index (χ2v) is 10.8. The van der Waals surface area contributed by atoms with Crippen LogP contribution >= 0.6 is 23.2 Å². The quantitative estimate of drug-likeness (QED) is 0.505. The SMILES string of the molecule is O=C(N[C@H](CN1CCCC1)[C@H](O)c1ccc(OC2CC2)c(Cl)c1)[C@H]1CCN(c2ccc(Cl)cc2)C1. The zero-order valence-electron chi connectivity index (χ0n) is 19.8. The summed E-state index contributed by atoms with van der Waals surface area (Å²) in [6, 6.07) is 12.8. The van der Waals surface area contributed by atoms with Crippen LogP contribution in [0.3, 0.4) is 0 Å². The van der Waals surface area contributed by atoms with Gasteiger partial charge in [0.15, 0.2) is 0 Å². The van der Waals surface area contributed by atoms with Gasteiger partial charge in [-0.15, -0.1) is 0 Å². The summed E-state index contributed by atoms with van der Waals surface area (Å²) in [5, 5.41) is 15.7. The highest BCUT2D eigenvalue weighted by Crippen LogP contribution is 2.34. The Kier molecular flexibility index (Phi) is 7.73. The number of carbonyl (C=O) groups is 1. The molecular formula is C27H33Cl2N3O3. The van der Waals surface area contributed by atoms with Crippen molar-refractivity contribution in [1.29, 1.82) is 0 Å². The van der Waals surface area contributed by atoms with Gasteiger partial charge in [-0.05, 0) is 87.2 Å². The molecule has 2 aromatic carbocycles. The third kappa shape index (κ3) is 6.23. The molecule has 1 saturated carbocycles. The van der Waals surface area contributed by atoms with E-state index in [1.165, 1.54) is 0 Å². The first-order valence-electron chi connectivity index (χ1n) is 12.6. The Bertz CT molecular complexity index is 1020. The number of likely N-dealkylation sites (tertiary alicyclic amines) is 1. The largest absolute Gasteiger partial charge is 0.489 e. The molecule has 2 aromatic rings. The van der Waals surface area contributed by atoms with E-state index in [1.807, 2.05) is 36.4 Å². The fourth-order valence-corrected chi connectivity index (χ4v) is 5.38. The smallest absolute Gasteiger partial charge is 0.225 e. The summed E-state index contributed by atoms with van der Waals surface area (Å²) in [6.45, 7) is 4.05. The fraction of sp³-hybridized carbons (Fsp3) is 0.519. The molecule has 1 aliphatic carbocycles. The van der Waals surface area contributed by atoms with E-state index in [9.17, 15) is 9.90 Å². The normalized spacial score (nSPS) is 22.3. The van der Waals surface area contributed by atoms with Crippen LogP contribution in [0.25, 0.3) is 0 Å². The van der Waals surface area contributed by atoms with E-state index in [0.29, 0.717) is 34.4 Å². The molecule has 2 N–H and O–H groups in total. The van der Waals surface area contributed by atoms with Crippen LogP contribution in [0.1, 0.15) is 43.8 Å². The van der Waals surface area contributed by atoms with Crippen LogP contribution in [0.2, 0.25) is 10.0 Å². The molecule has 2 saturated heterocycles. The van der Waals surface area contributed by atoms with Gasteiger partial charge in [-0.3, -0.25) is 4.79 Å². The van der Waals surface area contributed by atoms with Crippen LogP contribution in [-0.4, -0.2) is 60.8 Å². The summed E-state index contributed by atoms with van der Waals surface area (Å²) in [5.74, 6) is 0.514. The number of hydrogen-bond donors (Lipinski definition) is 2. The number of rotatable bonds is 9. The maximum Gasteiger partial charge on any atom is 0.225 e. The van der Waals surface area contributed by atoms with Crippen molar-refractivity contribution in [3.63, 3.8) is 0 Å². The second kappa shape index (κ2) is 11.0. The van der Waals surface area contributed by atoms with Crippen LogP contribution in [-0.2, 0) is 4.79 Å². The predicted molar refractivity (Wildman–Crippen MR) is 139 cm³/mol. The molecule has 2 heterocycles. The lowest BCUT2D eigenvalue weighted by atomic mass is 10.00. The highest BCUT2D eigenvalue weighted by molar-refractivity contribution is 6.32. The van der Waals surface area contributed by atoms with Crippen LogP contribution in [0.4, 0.5) is 5.69 Å². The molecule has 0 bridgehead atoms. The van der Waals surface area contributed by atoms with Crippen molar-refractivity contribution in [2.75, 3.05) is 37.6 Å². The molecule has 3 atom stereocenters. The number of ether oxygens (including phenoxy) is 1. The molecule has 5 rings (SSSR count). The van der Waals surface area contributed by atoms with Gasteiger partial charge in [-0.2, -0.15) is 0 Å². The minimum absolute atomic E-state index is 0.00973. The Balaban J connectivity index is 1.26. The maximum absolute atomic E-state index is 13.3. The number of aliphatic hydroxyl groups excluding tert-OH is 1. The molecule has 2 aliphatic heterocycles. The van der Waals surface area contributed by atoms with Crippen molar-refractivity contribution in [3.8, 4) is 5.75 Å². The summed E-state index contributed by atoms with van der Waals surface area (Å²) >= 11 is 12.5. The third-order valence-electron chi connectivity index (χ3n) is 7.23. The Morgan fingerprint density at radius 3 is 2.49 bits per heavy atom. The van der Waals surface area contributed by atoms with Crippen molar-refractivity contribution in [2.45, 2.75) is 50.4 Å². The lowest BCUT2D eigenvalue weighted by Crippen LogP contribution is -2.48. The Morgan fingerprint density at radius 1 is 1.06 bits per heavy atom. The van der Waals surface area contributed by atoms with Gasteiger partial charge in [0.25, 0.3) is 0 Å². The van der Waals surface area contributed by atoms with Crippen LogP contribution in [0, 0.1) is 5.92 Å². The molecule has 3 aliphatic rings. The summed E-state index contributed by atoms with van der Waals surface area (Å²) in [5.41, 5.74) is 1.76. The number of carbonyl (C=O) groups excluding carboxylic acids is 1. The Hall–Kier alpha value is -1.99. The van der Waals surface area contributed by atoms with E-state index in [2.05, 4.69) is 15.1 Å². The third-order valence-corrected chi connectivity index (χ3v) is 7.78. The first-order chi connectivity index (χ1) is 17.0. The molecule has 6 nitrogen and oxygen atoms in total. The van der Waals surface area contributed by atoms with Gasteiger partial charge in [-0.1, -0.05) is 29.3 Å². The molecular weight excluding hydrogens is 485 g/mol.